The molecule has 0 bridgehead atoms. The number of hydrogen-bond donors (Lipinski definition) is 1. The van der Waals surface area contributed by atoms with Gasteiger partial charge in [0.25, 0.3) is 0 Å². The number of rotatable bonds is 5. The van der Waals surface area contributed by atoms with Crippen LogP contribution in [-0.2, 0) is 0 Å². The van der Waals surface area contributed by atoms with Crippen molar-refractivity contribution in [1.82, 2.24) is 0 Å². The molecular formula is C15H16FNS. The van der Waals surface area contributed by atoms with E-state index in [-0.39, 0.29) is 11.1 Å². The first-order valence-electron chi connectivity index (χ1n) is 5.97. The van der Waals surface area contributed by atoms with Crippen molar-refractivity contribution in [2.24, 2.45) is 5.73 Å². The Morgan fingerprint density at radius 2 is 1.83 bits per heavy atom. The Balaban J connectivity index is 2.16. The van der Waals surface area contributed by atoms with Gasteiger partial charge in [-0.2, -0.15) is 0 Å². The van der Waals surface area contributed by atoms with E-state index in [0.29, 0.717) is 6.54 Å². The topological polar surface area (TPSA) is 26.0 Å². The Bertz CT molecular complexity index is 487. The Morgan fingerprint density at radius 3 is 2.50 bits per heavy atom. The summed E-state index contributed by atoms with van der Waals surface area (Å²) in [5, 5.41) is 0.276. The van der Waals surface area contributed by atoms with Crippen LogP contribution in [-0.4, -0.2) is 6.54 Å². The zero-order chi connectivity index (χ0) is 12.8. The fourth-order valence-electron chi connectivity index (χ4n) is 1.82. The Kier molecular flexibility index (Phi) is 4.79. The fourth-order valence-corrected chi connectivity index (χ4v) is 3.03. The average Bonchev–Trinajstić information content (AvgIpc) is 2.39. The van der Waals surface area contributed by atoms with Crippen LogP contribution in [0.4, 0.5) is 4.39 Å². The van der Waals surface area contributed by atoms with Gasteiger partial charge < -0.3 is 5.73 Å². The number of thioether (sulfide) groups is 1. The SMILES string of the molecule is NCCC(Sc1cccc(F)c1)c1ccccc1. The third kappa shape index (κ3) is 3.59. The van der Waals surface area contributed by atoms with E-state index < -0.39 is 0 Å². The van der Waals surface area contributed by atoms with Gasteiger partial charge in [-0.05, 0) is 36.7 Å². The molecule has 0 amide bonds. The average molecular weight is 261 g/mol. The molecule has 1 nitrogen and oxygen atoms in total. The zero-order valence-electron chi connectivity index (χ0n) is 10.1. The van der Waals surface area contributed by atoms with Crippen molar-refractivity contribution in [2.45, 2.75) is 16.6 Å². The van der Waals surface area contributed by atoms with E-state index in [2.05, 4.69) is 12.1 Å². The standard InChI is InChI=1S/C15H16FNS/c16-13-7-4-8-14(11-13)18-15(9-10-17)12-5-2-1-3-6-12/h1-8,11,15H,9-10,17H2. The molecule has 1 unspecified atom stereocenters. The lowest BCUT2D eigenvalue weighted by Crippen LogP contribution is -2.04. The highest BCUT2D eigenvalue weighted by Gasteiger charge is 2.12. The summed E-state index contributed by atoms with van der Waals surface area (Å²) in [6.45, 7) is 0.627. The van der Waals surface area contributed by atoms with Gasteiger partial charge in [0.1, 0.15) is 5.82 Å². The highest BCUT2D eigenvalue weighted by atomic mass is 32.2. The second kappa shape index (κ2) is 6.57. The van der Waals surface area contributed by atoms with Crippen molar-refractivity contribution in [3.05, 3.63) is 66.0 Å². The van der Waals surface area contributed by atoms with Gasteiger partial charge in [-0.15, -0.1) is 11.8 Å². The van der Waals surface area contributed by atoms with Gasteiger partial charge in [0.2, 0.25) is 0 Å². The molecule has 1 atom stereocenters. The molecule has 0 heterocycles. The number of halogens is 1. The summed E-state index contributed by atoms with van der Waals surface area (Å²) < 4.78 is 13.2. The largest absolute Gasteiger partial charge is 0.330 e. The molecular weight excluding hydrogens is 245 g/mol. The van der Waals surface area contributed by atoms with Crippen LogP contribution in [0.5, 0.6) is 0 Å². The van der Waals surface area contributed by atoms with Crippen LogP contribution in [0.15, 0.2) is 59.5 Å². The first-order valence-corrected chi connectivity index (χ1v) is 6.85. The minimum absolute atomic E-state index is 0.195. The summed E-state index contributed by atoms with van der Waals surface area (Å²) in [7, 11) is 0. The molecule has 0 fully saturated rings. The molecule has 2 N–H and O–H groups in total. The van der Waals surface area contributed by atoms with E-state index in [1.165, 1.54) is 11.6 Å². The number of benzene rings is 2. The summed E-state index contributed by atoms with van der Waals surface area (Å²) in [5.74, 6) is -0.195. The molecule has 2 aromatic rings. The van der Waals surface area contributed by atoms with E-state index in [1.807, 2.05) is 24.3 Å². The maximum atomic E-state index is 13.2. The molecule has 0 saturated heterocycles. The minimum atomic E-state index is -0.195. The van der Waals surface area contributed by atoms with E-state index in [1.54, 1.807) is 23.9 Å². The van der Waals surface area contributed by atoms with E-state index in [9.17, 15) is 4.39 Å². The van der Waals surface area contributed by atoms with Crippen molar-refractivity contribution in [2.75, 3.05) is 6.54 Å². The van der Waals surface area contributed by atoms with Crippen LogP contribution in [0.3, 0.4) is 0 Å². The van der Waals surface area contributed by atoms with E-state index in [4.69, 9.17) is 5.73 Å². The third-order valence-electron chi connectivity index (χ3n) is 2.67. The molecule has 0 saturated carbocycles. The van der Waals surface area contributed by atoms with Gasteiger partial charge in [0, 0.05) is 10.1 Å². The van der Waals surface area contributed by atoms with Crippen LogP contribution in [0.2, 0.25) is 0 Å². The molecule has 0 spiro atoms. The molecule has 0 aliphatic rings. The molecule has 0 aromatic heterocycles. The number of hydrogen-bond acceptors (Lipinski definition) is 2. The van der Waals surface area contributed by atoms with Crippen molar-refractivity contribution in [3.63, 3.8) is 0 Å². The lowest BCUT2D eigenvalue weighted by molar-refractivity contribution is 0.624. The summed E-state index contributed by atoms with van der Waals surface area (Å²) in [6.07, 6.45) is 0.880. The predicted molar refractivity (Wildman–Crippen MR) is 75.1 cm³/mol. The van der Waals surface area contributed by atoms with Gasteiger partial charge in [0.15, 0.2) is 0 Å². The summed E-state index contributed by atoms with van der Waals surface area (Å²) in [5.41, 5.74) is 6.90. The second-order valence-electron chi connectivity index (χ2n) is 4.05. The van der Waals surface area contributed by atoms with Crippen molar-refractivity contribution in [1.29, 1.82) is 0 Å². The van der Waals surface area contributed by atoms with Crippen LogP contribution < -0.4 is 5.73 Å². The van der Waals surface area contributed by atoms with Crippen molar-refractivity contribution < 1.29 is 4.39 Å². The summed E-state index contributed by atoms with van der Waals surface area (Å²) in [6, 6.07) is 16.9. The minimum Gasteiger partial charge on any atom is -0.330 e. The monoisotopic (exact) mass is 261 g/mol. The normalized spacial score (nSPS) is 12.3. The molecule has 0 radical (unpaired) electrons. The van der Waals surface area contributed by atoms with Gasteiger partial charge in [-0.25, -0.2) is 4.39 Å². The first-order chi connectivity index (χ1) is 8.79. The Hall–Kier alpha value is -1.32. The quantitative estimate of drug-likeness (QED) is 0.823. The van der Waals surface area contributed by atoms with Gasteiger partial charge in [-0.3, -0.25) is 0 Å². The first kappa shape index (κ1) is 13.1. The molecule has 94 valence electrons. The zero-order valence-corrected chi connectivity index (χ0v) is 10.9. The Labute approximate surface area is 111 Å². The van der Waals surface area contributed by atoms with Gasteiger partial charge in [-0.1, -0.05) is 36.4 Å². The predicted octanol–water partition coefficient (Wildman–Crippen LogP) is 4.01. The maximum Gasteiger partial charge on any atom is 0.124 e. The highest BCUT2D eigenvalue weighted by molar-refractivity contribution is 7.99. The van der Waals surface area contributed by atoms with Crippen molar-refractivity contribution >= 4 is 11.8 Å². The van der Waals surface area contributed by atoms with E-state index in [0.717, 1.165) is 11.3 Å². The van der Waals surface area contributed by atoms with Crippen LogP contribution in [0.1, 0.15) is 17.2 Å². The molecule has 0 aliphatic heterocycles. The maximum absolute atomic E-state index is 13.2. The third-order valence-corrected chi connectivity index (χ3v) is 3.99. The van der Waals surface area contributed by atoms with Gasteiger partial charge >= 0.3 is 0 Å². The summed E-state index contributed by atoms with van der Waals surface area (Å²) in [4.78, 5) is 0.942. The smallest absolute Gasteiger partial charge is 0.124 e. The van der Waals surface area contributed by atoms with E-state index >= 15 is 0 Å². The van der Waals surface area contributed by atoms with Crippen LogP contribution >= 0.6 is 11.8 Å². The fraction of sp³-hybridized carbons (Fsp3) is 0.200. The second-order valence-corrected chi connectivity index (χ2v) is 5.33. The van der Waals surface area contributed by atoms with Gasteiger partial charge in [0.05, 0.1) is 0 Å². The molecule has 3 heteroatoms. The molecule has 2 aromatic carbocycles. The van der Waals surface area contributed by atoms with Crippen LogP contribution in [0.25, 0.3) is 0 Å². The molecule has 2 rings (SSSR count). The lowest BCUT2D eigenvalue weighted by atomic mass is 10.1. The molecule has 18 heavy (non-hydrogen) atoms. The molecule has 0 aliphatic carbocycles. The van der Waals surface area contributed by atoms with Crippen molar-refractivity contribution in [3.8, 4) is 0 Å². The lowest BCUT2D eigenvalue weighted by Gasteiger charge is -2.16. The van der Waals surface area contributed by atoms with Crippen LogP contribution in [0, 0.1) is 5.82 Å². The Morgan fingerprint density at radius 1 is 1.06 bits per heavy atom. The highest BCUT2D eigenvalue weighted by Crippen LogP contribution is 2.37. The summed E-state index contributed by atoms with van der Waals surface area (Å²) >= 11 is 1.66. The number of nitrogens with two attached hydrogens (primary N) is 1.